The molecule has 1 aromatic heterocycles. The van der Waals surface area contributed by atoms with E-state index in [1.165, 1.54) is 0 Å². The van der Waals surface area contributed by atoms with Gasteiger partial charge in [0.1, 0.15) is 18.2 Å². The van der Waals surface area contributed by atoms with Gasteiger partial charge in [-0.15, -0.1) is 0 Å². The standard InChI is InChI=1S/C19H24ClN3O4S/c1-3-14(2)18-16(13-28(20,25)26)23-10-9-22(11-17(23)21-18)19(24)27-12-15-7-5-4-6-8-15/h4-8,14H,3,9-13H2,1-2H3/t14-/m1/s1. The van der Waals surface area contributed by atoms with Crippen LogP contribution in [0.15, 0.2) is 30.3 Å². The van der Waals surface area contributed by atoms with E-state index < -0.39 is 15.1 Å². The summed E-state index contributed by atoms with van der Waals surface area (Å²) in [5, 5.41) is 0. The summed E-state index contributed by atoms with van der Waals surface area (Å²) in [6.07, 6.45) is 0.420. The zero-order chi connectivity index (χ0) is 20.3. The highest BCUT2D eigenvalue weighted by molar-refractivity contribution is 8.13. The van der Waals surface area contributed by atoms with Crippen LogP contribution in [0.25, 0.3) is 0 Å². The van der Waals surface area contributed by atoms with Gasteiger partial charge in [0.2, 0.25) is 9.05 Å². The van der Waals surface area contributed by atoms with Crippen molar-refractivity contribution in [1.82, 2.24) is 14.5 Å². The maximum Gasteiger partial charge on any atom is 0.410 e. The summed E-state index contributed by atoms with van der Waals surface area (Å²) in [6.45, 7) is 5.39. The number of amides is 1. The molecule has 1 atom stereocenters. The van der Waals surface area contributed by atoms with Crippen molar-refractivity contribution < 1.29 is 17.9 Å². The molecule has 0 saturated carbocycles. The number of aromatic nitrogens is 2. The molecule has 1 aliphatic heterocycles. The third-order valence-electron chi connectivity index (χ3n) is 4.96. The number of hydrogen-bond acceptors (Lipinski definition) is 5. The van der Waals surface area contributed by atoms with E-state index in [0.717, 1.165) is 17.7 Å². The molecule has 1 aromatic carbocycles. The molecule has 0 fully saturated rings. The number of ether oxygens (including phenoxy) is 1. The number of benzene rings is 1. The predicted octanol–water partition coefficient (Wildman–Crippen LogP) is 3.62. The van der Waals surface area contributed by atoms with Crippen molar-refractivity contribution in [2.75, 3.05) is 6.54 Å². The predicted molar refractivity (Wildman–Crippen MR) is 106 cm³/mol. The molecule has 0 N–H and O–H groups in total. The first-order valence-corrected chi connectivity index (χ1v) is 11.7. The minimum atomic E-state index is -3.71. The highest BCUT2D eigenvalue weighted by Crippen LogP contribution is 2.28. The molecule has 7 nitrogen and oxygen atoms in total. The molecular formula is C19H24ClN3O4S. The van der Waals surface area contributed by atoms with Crippen molar-refractivity contribution in [3.05, 3.63) is 53.1 Å². The number of carbonyl (C=O) groups excluding carboxylic acids is 1. The Morgan fingerprint density at radius 3 is 2.64 bits per heavy atom. The summed E-state index contributed by atoms with van der Waals surface area (Å²) in [6, 6.07) is 9.48. The number of halogens is 1. The Labute approximate surface area is 169 Å². The lowest BCUT2D eigenvalue weighted by atomic mass is 10.0. The van der Waals surface area contributed by atoms with Crippen molar-refractivity contribution in [2.45, 2.75) is 51.6 Å². The van der Waals surface area contributed by atoms with E-state index in [1.807, 2.05) is 48.7 Å². The third-order valence-corrected chi connectivity index (χ3v) is 5.91. The molecule has 0 saturated heterocycles. The highest BCUT2D eigenvalue weighted by atomic mass is 35.7. The molecule has 3 rings (SSSR count). The van der Waals surface area contributed by atoms with E-state index in [2.05, 4.69) is 4.98 Å². The zero-order valence-electron chi connectivity index (χ0n) is 16.0. The van der Waals surface area contributed by atoms with Gasteiger partial charge in [-0.1, -0.05) is 44.2 Å². The Morgan fingerprint density at radius 1 is 1.29 bits per heavy atom. The van der Waals surface area contributed by atoms with Crippen LogP contribution in [-0.2, 0) is 39.2 Å². The zero-order valence-corrected chi connectivity index (χ0v) is 17.5. The molecule has 2 heterocycles. The average molecular weight is 426 g/mol. The lowest BCUT2D eigenvalue weighted by Gasteiger charge is -2.27. The molecule has 2 aromatic rings. The fourth-order valence-electron chi connectivity index (χ4n) is 3.28. The van der Waals surface area contributed by atoms with Crippen molar-refractivity contribution in [1.29, 1.82) is 0 Å². The van der Waals surface area contributed by atoms with E-state index in [9.17, 15) is 13.2 Å². The van der Waals surface area contributed by atoms with Gasteiger partial charge >= 0.3 is 6.09 Å². The lowest BCUT2D eigenvalue weighted by Crippen LogP contribution is -2.39. The number of carbonyl (C=O) groups is 1. The molecular weight excluding hydrogens is 402 g/mol. The Kier molecular flexibility index (Phi) is 6.30. The molecule has 9 heteroatoms. The fraction of sp³-hybridized carbons (Fsp3) is 0.474. The summed E-state index contributed by atoms with van der Waals surface area (Å²) in [5.41, 5.74) is 2.28. The summed E-state index contributed by atoms with van der Waals surface area (Å²) in [4.78, 5) is 18.7. The third kappa shape index (κ3) is 4.86. The average Bonchev–Trinajstić information content (AvgIpc) is 3.02. The largest absolute Gasteiger partial charge is 0.445 e. The van der Waals surface area contributed by atoms with Crippen LogP contribution < -0.4 is 0 Å². The van der Waals surface area contributed by atoms with Gasteiger partial charge in [-0.3, -0.25) is 4.90 Å². The van der Waals surface area contributed by atoms with Gasteiger partial charge in [0.15, 0.2) is 0 Å². The van der Waals surface area contributed by atoms with E-state index in [-0.39, 0.29) is 24.8 Å². The monoisotopic (exact) mass is 425 g/mol. The number of hydrogen-bond donors (Lipinski definition) is 0. The first-order valence-electron chi connectivity index (χ1n) is 9.24. The van der Waals surface area contributed by atoms with Gasteiger partial charge in [0.05, 0.1) is 17.9 Å². The highest BCUT2D eigenvalue weighted by Gasteiger charge is 2.29. The first-order chi connectivity index (χ1) is 13.3. The minimum Gasteiger partial charge on any atom is -0.445 e. The quantitative estimate of drug-likeness (QED) is 0.660. The fourth-order valence-corrected chi connectivity index (χ4v) is 4.22. The van der Waals surface area contributed by atoms with Crippen LogP contribution in [0.2, 0.25) is 0 Å². The van der Waals surface area contributed by atoms with Gasteiger partial charge in [-0.2, -0.15) is 0 Å². The smallest absolute Gasteiger partial charge is 0.410 e. The Hall–Kier alpha value is -2.06. The van der Waals surface area contributed by atoms with Crippen LogP contribution in [0.5, 0.6) is 0 Å². The normalized spacial score (nSPS) is 15.2. The van der Waals surface area contributed by atoms with Crippen molar-refractivity contribution >= 4 is 25.8 Å². The Balaban J connectivity index is 1.76. The van der Waals surface area contributed by atoms with Gasteiger partial charge in [-0.25, -0.2) is 18.2 Å². The maximum absolute atomic E-state index is 12.4. The Bertz CT molecular complexity index is 944. The molecule has 0 radical (unpaired) electrons. The van der Waals surface area contributed by atoms with Crippen LogP contribution in [0.1, 0.15) is 49.0 Å². The topological polar surface area (TPSA) is 81.5 Å². The van der Waals surface area contributed by atoms with E-state index in [1.54, 1.807) is 4.90 Å². The van der Waals surface area contributed by atoms with Crippen LogP contribution in [-0.4, -0.2) is 35.5 Å². The maximum atomic E-state index is 12.4. The van der Waals surface area contributed by atoms with Crippen molar-refractivity contribution in [3.63, 3.8) is 0 Å². The lowest BCUT2D eigenvalue weighted by molar-refractivity contribution is 0.0860. The molecule has 0 bridgehead atoms. The molecule has 0 unspecified atom stereocenters. The minimum absolute atomic E-state index is 0.102. The summed E-state index contributed by atoms with van der Waals surface area (Å²) in [5.74, 6) is 0.498. The van der Waals surface area contributed by atoms with Gasteiger partial charge in [0, 0.05) is 23.8 Å². The molecule has 0 aliphatic carbocycles. The van der Waals surface area contributed by atoms with E-state index in [0.29, 0.717) is 24.6 Å². The summed E-state index contributed by atoms with van der Waals surface area (Å²) < 4.78 is 30.6. The van der Waals surface area contributed by atoms with Crippen LogP contribution >= 0.6 is 10.7 Å². The molecule has 1 aliphatic rings. The first kappa shape index (κ1) is 20.7. The SMILES string of the molecule is CC[C@@H](C)c1nc2n(c1CS(=O)(=O)Cl)CCN(C(=O)OCc1ccccc1)C2. The van der Waals surface area contributed by atoms with Crippen LogP contribution in [0, 0.1) is 0 Å². The molecule has 28 heavy (non-hydrogen) atoms. The van der Waals surface area contributed by atoms with E-state index >= 15 is 0 Å². The second kappa shape index (κ2) is 8.53. The Morgan fingerprint density at radius 2 is 2.00 bits per heavy atom. The van der Waals surface area contributed by atoms with Gasteiger partial charge in [-0.05, 0) is 17.9 Å². The van der Waals surface area contributed by atoms with Crippen molar-refractivity contribution in [2.24, 2.45) is 0 Å². The second-order valence-electron chi connectivity index (χ2n) is 6.97. The van der Waals surface area contributed by atoms with Crippen molar-refractivity contribution in [3.8, 4) is 0 Å². The number of imidazole rings is 1. The molecule has 1 amide bonds. The second-order valence-corrected chi connectivity index (χ2v) is 9.74. The summed E-state index contributed by atoms with van der Waals surface area (Å²) >= 11 is 0. The summed E-state index contributed by atoms with van der Waals surface area (Å²) in [7, 11) is 1.80. The molecule has 0 spiro atoms. The number of nitrogens with zero attached hydrogens (tertiary/aromatic N) is 3. The van der Waals surface area contributed by atoms with Crippen LogP contribution in [0.4, 0.5) is 4.79 Å². The number of fused-ring (bicyclic) bond motifs is 1. The number of rotatable bonds is 6. The van der Waals surface area contributed by atoms with Gasteiger partial charge < -0.3 is 9.30 Å². The van der Waals surface area contributed by atoms with Crippen LogP contribution in [0.3, 0.4) is 0 Å². The van der Waals surface area contributed by atoms with E-state index in [4.69, 9.17) is 15.4 Å². The molecule has 152 valence electrons. The van der Waals surface area contributed by atoms with Gasteiger partial charge in [0.25, 0.3) is 0 Å².